The molecule has 124 valence electrons. The van der Waals surface area contributed by atoms with Crippen molar-refractivity contribution < 1.29 is 19.4 Å². The molecule has 1 fully saturated rings. The number of carbonyl (C=O) groups is 1. The minimum Gasteiger partial charge on any atom is -0.480 e. The quantitative estimate of drug-likeness (QED) is 0.834. The van der Waals surface area contributed by atoms with Crippen molar-refractivity contribution in [3.8, 4) is 0 Å². The highest BCUT2D eigenvalue weighted by molar-refractivity contribution is 6.42. The minimum atomic E-state index is -0.983. The van der Waals surface area contributed by atoms with E-state index in [4.69, 9.17) is 37.8 Å². The van der Waals surface area contributed by atoms with Gasteiger partial charge in [-0.2, -0.15) is 0 Å². The summed E-state index contributed by atoms with van der Waals surface area (Å²) < 4.78 is 11.1. The SMILES string of the molecule is Cl.O=C(O)COCC1CNCCOC1c1ccc(Cl)c(Cl)c1. The molecule has 1 heterocycles. The molecule has 1 aromatic rings. The van der Waals surface area contributed by atoms with Crippen LogP contribution in [0.15, 0.2) is 18.2 Å². The highest BCUT2D eigenvalue weighted by atomic mass is 35.5. The normalized spacial score (nSPS) is 21.7. The first-order valence-corrected chi connectivity index (χ1v) is 7.40. The number of nitrogens with one attached hydrogen (secondary N) is 1. The fourth-order valence-electron chi connectivity index (χ4n) is 2.29. The van der Waals surface area contributed by atoms with E-state index >= 15 is 0 Å². The van der Waals surface area contributed by atoms with Gasteiger partial charge in [-0.1, -0.05) is 29.3 Å². The maximum atomic E-state index is 10.5. The fourth-order valence-corrected chi connectivity index (χ4v) is 2.60. The number of halogens is 3. The van der Waals surface area contributed by atoms with Gasteiger partial charge in [0.05, 0.1) is 29.4 Å². The van der Waals surface area contributed by atoms with E-state index in [0.717, 1.165) is 12.1 Å². The summed E-state index contributed by atoms with van der Waals surface area (Å²) in [7, 11) is 0. The van der Waals surface area contributed by atoms with Crippen molar-refractivity contribution in [3.05, 3.63) is 33.8 Å². The van der Waals surface area contributed by atoms with Crippen molar-refractivity contribution in [1.82, 2.24) is 5.32 Å². The molecule has 2 rings (SSSR count). The van der Waals surface area contributed by atoms with E-state index in [0.29, 0.717) is 29.8 Å². The number of carboxylic acids is 1. The Morgan fingerprint density at radius 1 is 1.41 bits per heavy atom. The van der Waals surface area contributed by atoms with Crippen LogP contribution >= 0.6 is 35.6 Å². The Morgan fingerprint density at radius 3 is 2.86 bits per heavy atom. The zero-order valence-electron chi connectivity index (χ0n) is 11.8. The topological polar surface area (TPSA) is 67.8 Å². The minimum absolute atomic E-state index is 0. The van der Waals surface area contributed by atoms with Crippen molar-refractivity contribution in [3.63, 3.8) is 0 Å². The fraction of sp³-hybridized carbons (Fsp3) is 0.500. The van der Waals surface area contributed by atoms with E-state index in [1.54, 1.807) is 12.1 Å². The molecule has 2 unspecified atom stereocenters. The number of hydrogen-bond acceptors (Lipinski definition) is 4. The summed E-state index contributed by atoms with van der Waals surface area (Å²) >= 11 is 12.0. The maximum absolute atomic E-state index is 10.5. The van der Waals surface area contributed by atoms with Gasteiger partial charge in [-0.05, 0) is 17.7 Å². The molecule has 8 heteroatoms. The largest absolute Gasteiger partial charge is 0.480 e. The Balaban J connectivity index is 0.00000242. The standard InChI is InChI=1S/C14H17Cl2NO4.ClH/c15-11-2-1-9(5-12(11)16)14-10(6-17-3-4-21-14)7-20-8-13(18)19;/h1-2,5,10,14,17H,3-4,6-8H2,(H,18,19);1H. The number of carboxylic acid groups (broad SMARTS) is 1. The van der Waals surface area contributed by atoms with E-state index < -0.39 is 5.97 Å². The van der Waals surface area contributed by atoms with Gasteiger partial charge in [-0.15, -0.1) is 12.4 Å². The lowest BCUT2D eigenvalue weighted by molar-refractivity contribution is -0.143. The Morgan fingerprint density at radius 2 is 2.18 bits per heavy atom. The molecule has 22 heavy (non-hydrogen) atoms. The van der Waals surface area contributed by atoms with Gasteiger partial charge in [-0.3, -0.25) is 0 Å². The molecule has 0 radical (unpaired) electrons. The molecule has 2 N–H and O–H groups in total. The predicted molar refractivity (Wildman–Crippen MR) is 87.2 cm³/mol. The van der Waals surface area contributed by atoms with E-state index in [9.17, 15) is 4.79 Å². The predicted octanol–water partition coefficient (Wildman–Crippen LogP) is 2.79. The summed E-state index contributed by atoms with van der Waals surface area (Å²) in [6.45, 7) is 1.98. The molecule has 0 saturated carbocycles. The second-order valence-corrected chi connectivity index (χ2v) is 5.65. The molecule has 1 aromatic carbocycles. The Labute approximate surface area is 145 Å². The molecule has 0 bridgehead atoms. The molecule has 0 spiro atoms. The number of ether oxygens (including phenoxy) is 2. The molecular weight excluding hydrogens is 353 g/mol. The van der Waals surface area contributed by atoms with Crippen LogP contribution in [0.4, 0.5) is 0 Å². The Hall–Kier alpha value is -0.560. The lowest BCUT2D eigenvalue weighted by atomic mass is 9.96. The third kappa shape index (κ3) is 5.57. The van der Waals surface area contributed by atoms with Crippen molar-refractivity contribution in [2.45, 2.75) is 6.10 Å². The summed E-state index contributed by atoms with van der Waals surface area (Å²) in [5, 5.41) is 12.9. The van der Waals surface area contributed by atoms with Crippen LogP contribution in [0, 0.1) is 5.92 Å². The van der Waals surface area contributed by atoms with Crippen molar-refractivity contribution in [2.75, 3.05) is 32.9 Å². The van der Waals surface area contributed by atoms with Crippen molar-refractivity contribution in [2.24, 2.45) is 5.92 Å². The second kappa shape index (κ2) is 9.55. The van der Waals surface area contributed by atoms with Crippen LogP contribution in [0.1, 0.15) is 11.7 Å². The van der Waals surface area contributed by atoms with E-state index in [1.165, 1.54) is 0 Å². The lowest BCUT2D eigenvalue weighted by Crippen LogP contribution is -2.29. The number of benzene rings is 1. The molecule has 5 nitrogen and oxygen atoms in total. The van der Waals surface area contributed by atoms with E-state index in [1.807, 2.05) is 6.07 Å². The van der Waals surface area contributed by atoms with Gasteiger partial charge in [0.25, 0.3) is 0 Å². The Kier molecular flexibility index (Phi) is 8.46. The van der Waals surface area contributed by atoms with Gasteiger partial charge in [0.2, 0.25) is 0 Å². The summed E-state index contributed by atoms with van der Waals surface area (Å²) in [6.07, 6.45) is -0.205. The van der Waals surface area contributed by atoms with E-state index in [-0.39, 0.29) is 31.0 Å². The number of aliphatic carboxylic acids is 1. The summed E-state index contributed by atoms with van der Waals surface area (Å²) in [6, 6.07) is 5.38. The first kappa shape index (κ1) is 19.5. The molecule has 0 amide bonds. The van der Waals surface area contributed by atoms with E-state index in [2.05, 4.69) is 5.32 Å². The summed E-state index contributed by atoms with van der Waals surface area (Å²) in [5.74, 6) is -0.979. The van der Waals surface area contributed by atoms with Crippen LogP contribution in [-0.2, 0) is 14.3 Å². The average molecular weight is 371 g/mol. The van der Waals surface area contributed by atoms with Crippen LogP contribution in [-0.4, -0.2) is 44.0 Å². The maximum Gasteiger partial charge on any atom is 0.329 e. The molecule has 0 aromatic heterocycles. The van der Waals surface area contributed by atoms with Crippen LogP contribution < -0.4 is 5.32 Å². The molecule has 0 aliphatic carbocycles. The second-order valence-electron chi connectivity index (χ2n) is 4.84. The van der Waals surface area contributed by atoms with Crippen LogP contribution in [0.2, 0.25) is 10.0 Å². The smallest absolute Gasteiger partial charge is 0.329 e. The third-order valence-corrected chi connectivity index (χ3v) is 3.98. The van der Waals surface area contributed by atoms with Gasteiger partial charge >= 0.3 is 5.97 Å². The van der Waals surface area contributed by atoms with Gasteiger partial charge in [0.15, 0.2) is 0 Å². The van der Waals surface area contributed by atoms with Gasteiger partial charge in [0.1, 0.15) is 6.61 Å². The highest BCUT2D eigenvalue weighted by Crippen LogP contribution is 2.32. The zero-order chi connectivity index (χ0) is 15.2. The highest BCUT2D eigenvalue weighted by Gasteiger charge is 2.27. The number of rotatable bonds is 5. The first-order chi connectivity index (χ1) is 10.1. The zero-order valence-corrected chi connectivity index (χ0v) is 14.1. The molecule has 2 atom stereocenters. The molecule has 1 aliphatic heterocycles. The van der Waals surface area contributed by atoms with Gasteiger partial charge < -0.3 is 19.9 Å². The molecular formula is C14H18Cl3NO4. The first-order valence-electron chi connectivity index (χ1n) is 6.64. The summed E-state index contributed by atoms with van der Waals surface area (Å²) in [5.41, 5.74) is 0.914. The van der Waals surface area contributed by atoms with Gasteiger partial charge in [0, 0.05) is 19.0 Å². The monoisotopic (exact) mass is 369 g/mol. The lowest BCUT2D eigenvalue weighted by Gasteiger charge is -2.25. The summed E-state index contributed by atoms with van der Waals surface area (Å²) in [4.78, 5) is 10.5. The molecule has 1 aliphatic rings. The van der Waals surface area contributed by atoms with Crippen LogP contribution in [0.25, 0.3) is 0 Å². The Bertz CT molecular complexity index is 501. The third-order valence-electron chi connectivity index (χ3n) is 3.24. The average Bonchev–Trinajstić information content (AvgIpc) is 2.67. The van der Waals surface area contributed by atoms with Gasteiger partial charge in [-0.25, -0.2) is 4.79 Å². The van der Waals surface area contributed by atoms with Crippen LogP contribution in [0.5, 0.6) is 0 Å². The van der Waals surface area contributed by atoms with Crippen molar-refractivity contribution in [1.29, 1.82) is 0 Å². The van der Waals surface area contributed by atoms with Crippen LogP contribution in [0.3, 0.4) is 0 Å². The van der Waals surface area contributed by atoms with Crippen molar-refractivity contribution >= 4 is 41.6 Å². The number of hydrogen-bond donors (Lipinski definition) is 2. The molecule has 1 saturated heterocycles.